The van der Waals surface area contributed by atoms with Gasteiger partial charge in [0.05, 0.1) is 6.61 Å². The summed E-state index contributed by atoms with van der Waals surface area (Å²) in [5.41, 5.74) is 0. The summed E-state index contributed by atoms with van der Waals surface area (Å²) in [6, 6.07) is 0. The summed E-state index contributed by atoms with van der Waals surface area (Å²) in [6.45, 7) is 4.04. The van der Waals surface area contributed by atoms with Crippen LogP contribution < -0.4 is 0 Å². The van der Waals surface area contributed by atoms with Crippen LogP contribution in [-0.4, -0.2) is 36.4 Å². The molecule has 0 spiro atoms. The largest absolute Gasteiger partial charge is 0.462 e. The summed E-state index contributed by atoms with van der Waals surface area (Å²) in [4.78, 5) is 24.7. The van der Waals surface area contributed by atoms with E-state index in [2.05, 4.69) is 135 Å². The van der Waals surface area contributed by atoms with Crippen LogP contribution in [0.4, 0.5) is 0 Å². The second-order valence-electron chi connectivity index (χ2n) is 25.0. The average molecular weight is 1210 g/mol. The number of aliphatic hydroxyl groups excluding tert-OH is 1. The highest BCUT2D eigenvalue weighted by Gasteiger charge is 2.16. The molecule has 87 heavy (non-hydrogen) atoms. The van der Waals surface area contributed by atoms with Gasteiger partial charge in [-0.25, -0.2) is 0 Å². The van der Waals surface area contributed by atoms with Crippen LogP contribution in [0, 0.1) is 0 Å². The molecule has 0 saturated heterocycles. The zero-order chi connectivity index (χ0) is 62.6. The van der Waals surface area contributed by atoms with Gasteiger partial charge >= 0.3 is 11.9 Å². The second-order valence-corrected chi connectivity index (χ2v) is 25.0. The smallest absolute Gasteiger partial charge is 0.306 e. The van der Waals surface area contributed by atoms with Gasteiger partial charge in [0, 0.05) is 12.8 Å². The summed E-state index contributed by atoms with van der Waals surface area (Å²) in [5.74, 6) is -0.613. The zero-order valence-electron chi connectivity index (χ0n) is 57.5. The van der Waals surface area contributed by atoms with Gasteiger partial charge in [0.25, 0.3) is 0 Å². The number of rotatable bonds is 69. The van der Waals surface area contributed by atoms with E-state index in [1.165, 1.54) is 225 Å². The summed E-state index contributed by atoms with van der Waals surface area (Å²) in [7, 11) is 0. The SMILES string of the molecule is CC/C=C\C/C=C\C/C=C\C/C=C\C/C=C\C/C=C\C/C=C\C/C=C\C/C=C\C/C=C\CCCCCCC(=O)OC(CO)COC(=O)CCCCCCCCCCCCCCCCCCCCCCCCCCCCCCCCCCCCCCCC. The lowest BCUT2D eigenvalue weighted by Gasteiger charge is -2.15. The van der Waals surface area contributed by atoms with Gasteiger partial charge < -0.3 is 14.6 Å². The molecule has 5 heteroatoms. The molecule has 0 radical (unpaired) electrons. The number of carbonyl (C=O) groups excluding carboxylic acids is 2. The molecule has 0 amide bonds. The molecule has 5 nitrogen and oxygen atoms in total. The van der Waals surface area contributed by atoms with Crippen LogP contribution in [0.15, 0.2) is 122 Å². The fourth-order valence-electron chi connectivity index (χ4n) is 10.9. The van der Waals surface area contributed by atoms with Gasteiger partial charge in [-0.05, 0) is 89.9 Å². The molecule has 1 N–H and O–H groups in total. The highest BCUT2D eigenvalue weighted by atomic mass is 16.6. The van der Waals surface area contributed by atoms with E-state index in [4.69, 9.17) is 9.47 Å². The Morgan fingerprint density at radius 2 is 0.494 bits per heavy atom. The summed E-state index contributed by atoms with van der Waals surface area (Å²) in [6.07, 6.45) is 113. The fourth-order valence-corrected chi connectivity index (χ4v) is 10.9. The average Bonchev–Trinajstić information content (AvgIpc) is 3.52. The van der Waals surface area contributed by atoms with Crippen molar-refractivity contribution in [1.82, 2.24) is 0 Å². The van der Waals surface area contributed by atoms with E-state index >= 15 is 0 Å². The van der Waals surface area contributed by atoms with E-state index in [1.54, 1.807) is 0 Å². The summed E-state index contributed by atoms with van der Waals surface area (Å²) in [5, 5.41) is 9.71. The van der Waals surface area contributed by atoms with E-state index < -0.39 is 6.10 Å². The summed E-state index contributed by atoms with van der Waals surface area (Å²) < 4.78 is 10.7. The molecule has 0 rings (SSSR count). The number of allylic oxidation sites excluding steroid dienone is 20. The van der Waals surface area contributed by atoms with Gasteiger partial charge in [0.1, 0.15) is 6.61 Å². The van der Waals surface area contributed by atoms with E-state index in [1.807, 2.05) is 0 Å². The van der Waals surface area contributed by atoms with E-state index in [9.17, 15) is 14.7 Å². The van der Waals surface area contributed by atoms with E-state index in [-0.39, 0.29) is 25.2 Å². The highest BCUT2D eigenvalue weighted by Crippen LogP contribution is 2.19. The molecule has 0 fully saturated rings. The number of carbonyl (C=O) groups is 2. The molecule has 500 valence electrons. The number of unbranched alkanes of at least 4 members (excludes halogenated alkanes) is 41. The summed E-state index contributed by atoms with van der Waals surface area (Å²) >= 11 is 0. The molecular weight excluding hydrogens is 1060 g/mol. The van der Waals surface area contributed by atoms with Gasteiger partial charge in [-0.3, -0.25) is 9.59 Å². The molecular formula is C82H142O5. The third kappa shape index (κ3) is 74.7. The van der Waals surface area contributed by atoms with Crippen molar-refractivity contribution >= 4 is 11.9 Å². The Morgan fingerprint density at radius 1 is 0.276 bits per heavy atom. The molecule has 0 aliphatic carbocycles. The first-order valence-corrected chi connectivity index (χ1v) is 37.6. The monoisotopic (exact) mass is 1210 g/mol. The Balaban J connectivity index is 3.50. The lowest BCUT2D eigenvalue weighted by molar-refractivity contribution is -0.161. The molecule has 0 heterocycles. The van der Waals surface area contributed by atoms with Crippen LogP contribution in [0.1, 0.15) is 367 Å². The molecule has 0 aromatic heterocycles. The predicted octanol–water partition coefficient (Wildman–Crippen LogP) is 26.5. The predicted molar refractivity (Wildman–Crippen MR) is 385 cm³/mol. The molecule has 0 bridgehead atoms. The van der Waals surface area contributed by atoms with Crippen LogP contribution in [-0.2, 0) is 19.1 Å². The molecule has 1 unspecified atom stereocenters. The van der Waals surface area contributed by atoms with Crippen LogP contribution in [0.5, 0.6) is 0 Å². The van der Waals surface area contributed by atoms with Crippen molar-refractivity contribution < 1.29 is 24.2 Å². The first kappa shape index (κ1) is 83.3. The van der Waals surface area contributed by atoms with Crippen molar-refractivity contribution in [3.05, 3.63) is 122 Å². The van der Waals surface area contributed by atoms with Gasteiger partial charge in [-0.2, -0.15) is 0 Å². The number of esters is 2. The van der Waals surface area contributed by atoms with Gasteiger partial charge in [-0.15, -0.1) is 0 Å². The lowest BCUT2D eigenvalue weighted by atomic mass is 10.0. The minimum absolute atomic E-state index is 0.0799. The molecule has 0 aliphatic heterocycles. The zero-order valence-corrected chi connectivity index (χ0v) is 57.5. The number of hydrogen-bond acceptors (Lipinski definition) is 5. The Bertz CT molecular complexity index is 1700. The standard InChI is InChI=1S/C82H142O5/c1-3-5-7-9-11-13-15-17-19-21-23-25-27-29-31-33-35-37-39-40-41-43-44-46-48-50-52-54-56-58-60-62-64-66-68-70-72-74-76-81(84)86-79-80(78-83)87-82(85)77-75-73-71-69-67-65-63-61-59-57-55-53-51-49-47-45-42-38-36-34-32-30-28-26-24-22-20-18-16-14-12-10-8-6-4-2/h6,8,12,14,18,20,24,26,30,32,36,38,45,47,51,53,57,59,63,65,80,83H,3-5,7,9-11,13,15-17,19,21-23,25,27-29,31,33-35,37,39-44,46,48-50,52,54-56,58,60-62,64,66-79H2,1-2H3/b8-6-,14-12-,20-18-,26-24-,32-30-,38-36-,47-45-,53-51-,59-57-,65-63-. The molecule has 0 aromatic rings. The normalized spacial score (nSPS) is 12.9. The van der Waals surface area contributed by atoms with E-state index in [0.29, 0.717) is 12.8 Å². The number of aliphatic hydroxyl groups is 1. The Hall–Kier alpha value is -3.70. The third-order valence-electron chi connectivity index (χ3n) is 16.5. The quantitative estimate of drug-likeness (QED) is 0.0373. The van der Waals surface area contributed by atoms with Crippen molar-refractivity contribution in [2.45, 2.75) is 373 Å². The van der Waals surface area contributed by atoms with Crippen molar-refractivity contribution in [2.75, 3.05) is 13.2 Å². The highest BCUT2D eigenvalue weighted by molar-refractivity contribution is 5.70. The van der Waals surface area contributed by atoms with Crippen LogP contribution in [0.25, 0.3) is 0 Å². The van der Waals surface area contributed by atoms with Crippen molar-refractivity contribution in [1.29, 1.82) is 0 Å². The maximum Gasteiger partial charge on any atom is 0.306 e. The lowest BCUT2D eigenvalue weighted by Crippen LogP contribution is -2.28. The van der Waals surface area contributed by atoms with Gasteiger partial charge in [-0.1, -0.05) is 386 Å². The van der Waals surface area contributed by atoms with Crippen molar-refractivity contribution in [3.8, 4) is 0 Å². The second kappa shape index (κ2) is 76.5. The van der Waals surface area contributed by atoms with Crippen LogP contribution >= 0.6 is 0 Å². The maximum absolute atomic E-state index is 12.4. The van der Waals surface area contributed by atoms with Crippen molar-refractivity contribution in [3.63, 3.8) is 0 Å². The Labute approximate surface area is 541 Å². The Morgan fingerprint density at radius 3 is 0.747 bits per heavy atom. The van der Waals surface area contributed by atoms with E-state index in [0.717, 1.165) is 116 Å². The Kier molecular flexibility index (Phi) is 73.3. The minimum Gasteiger partial charge on any atom is -0.462 e. The van der Waals surface area contributed by atoms with Crippen LogP contribution in [0.3, 0.4) is 0 Å². The van der Waals surface area contributed by atoms with Crippen molar-refractivity contribution in [2.24, 2.45) is 0 Å². The molecule has 0 saturated carbocycles. The first-order chi connectivity index (χ1) is 43.1. The van der Waals surface area contributed by atoms with Gasteiger partial charge in [0.15, 0.2) is 6.10 Å². The first-order valence-electron chi connectivity index (χ1n) is 37.6. The molecule has 0 aliphatic rings. The maximum atomic E-state index is 12.4. The van der Waals surface area contributed by atoms with Crippen LogP contribution in [0.2, 0.25) is 0 Å². The fraction of sp³-hybridized carbons (Fsp3) is 0.732. The third-order valence-corrected chi connectivity index (χ3v) is 16.5. The van der Waals surface area contributed by atoms with Gasteiger partial charge in [0.2, 0.25) is 0 Å². The number of ether oxygens (including phenoxy) is 2. The molecule has 1 atom stereocenters. The topological polar surface area (TPSA) is 72.8 Å². The number of hydrogen-bond donors (Lipinski definition) is 1. The molecule has 0 aromatic carbocycles. The minimum atomic E-state index is -0.795.